The molecule has 0 atom stereocenters. The van der Waals surface area contributed by atoms with E-state index in [1.165, 1.54) is 38.5 Å². The van der Waals surface area contributed by atoms with Gasteiger partial charge in [0.25, 0.3) is 0 Å². The van der Waals surface area contributed by atoms with Crippen LogP contribution < -0.4 is 11.1 Å². The van der Waals surface area contributed by atoms with Crippen molar-refractivity contribution in [2.75, 3.05) is 132 Å². The van der Waals surface area contributed by atoms with Crippen molar-refractivity contribution in [2.45, 2.75) is 103 Å². The van der Waals surface area contributed by atoms with Crippen molar-refractivity contribution in [3.05, 3.63) is 0 Å². The third-order valence-electron chi connectivity index (χ3n) is 7.26. The highest BCUT2D eigenvalue weighted by molar-refractivity contribution is 5.75. The fourth-order valence-electron chi connectivity index (χ4n) is 4.66. The highest BCUT2D eigenvalue weighted by Crippen LogP contribution is 2.14. The van der Waals surface area contributed by atoms with Gasteiger partial charge in [0, 0.05) is 25.9 Å². The van der Waals surface area contributed by atoms with Crippen LogP contribution in [0, 0.1) is 0 Å². The van der Waals surface area contributed by atoms with E-state index < -0.39 is 5.60 Å². The predicted octanol–water partition coefficient (Wildman–Crippen LogP) is 4.23. The highest BCUT2D eigenvalue weighted by Gasteiger charge is 2.15. The predicted molar refractivity (Wildman–Crippen MR) is 201 cm³/mol. The summed E-state index contributed by atoms with van der Waals surface area (Å²) in [5.41, 5.74) is 4.94. The van der Waals surface area contributed by atoms with Gasteiger partial charge in [0.05, 0.1) is 119 Å². The van der Waals surface area contributed by atoms with Crippen LogP contribution in [-0.2, 0) is 57.0 Å². The van der Waals surface area contributed by atoms with Gasteiger partial charge in [0.1, 0.15) is 5.60 Å². The molecule has 0 aliphatic rings. The molecule has 0 fully saturated rings. The van der Waals surface area contributed by atoms with Crippen LogP contribution in [0.5, 0.6) is 0 Å². The van der Waals surface area contributed by atoms with Crippen LogP contribution in [0.15, 0.2) is 0 Å². The lowest BCUT2D eigenvalue weighted by atomic mass is 10.0. The van der Waals surface area contributed by atoms with Gasteiger partial charge < -0.3 is 58.4 Å². The molecule has 0 aliphatic heterocycles. The van der Waals surface area contributed by atoms with E-state index in [0.717, 1.165) is 25.7 Å². The molecule has 0 spiro atoms. The Morgan fingerprint density at radius 1 is 0.423 bits per heavy atom. The Bertz CT molecular complexity index is 758. The Morgan fingerprint density at radius 3 is 1.04 bits per heavy atom. The standard InChI is InChI=1S/C38H76N2O12/c1-38(2,3)52-37(42)15-13-11-9-7-5-4-6-8-10-12-14-36(41)40-17-19-44-21-23-46-25-27-48-29-31-50-33-35-51-34-32-49-30-28-47-26-24-45-22-20-43-18-16-39/h4-35,39H2,1-3H3,(H,40,41). The lowest BCUT2D eigenvalue weighted by molar-refractivity contribution is -0.154. The van der Waals surface area contributed by atoms with Gasteiger partial charge in [-0.05, 0) is 33.6 Å². The van der Waals surface area contributed by atoms with Crippen molar-refractivity contribution < 1.29 is 57.0 Å². The second-order valence-electron chi connectivity index (χ2n) is 13.3. The Hall–Kier alpha value is -1.46. The van der Waals surface area contributed by atoms with E-state index in [2.05, 4.69) is 5.32 Å². The number of rotatable bonds is 42. The molecule has 0 radical (unpaired) electrons. The van der Waals surface area contributed by atoms with Crippen LogP contribution in [0.25, 0.3) is 0 Å². The van der Waals surface area contributed by atoms with E-state index >= 15 is 0 Å². The molecular formula is C38H76N2O12. The largest absolute Gasteiger partial charge is 0.460 e. The first kappa shape index (κ1) is 50.5. The molecule has 14 heteroatoms. The van der Waals surface area contributed by atoms with Crippen molar-refractivity contribution in [1.29, 1.82) is 0 Å². The zero-order valence-corrected chi connectivity index (χ0v) is 33.1. The van der Waals surface area contributed by atoms with Gasteiger partial charge in [-0.25, -0.2) is 0 Å². The average molecular weight is 753 g/mol. The summed E-state index contributed by atoms with van der Waals surface area (Å²) in [5, 5.41) is 2.92. The molecule has 52 heavy (non-hydrogen) atoms. The van der Waals surface area contributed by atoms with Crippen molar-refractivity contribution in [1.82, 2.24) is 5.32 Å². The Labute approximate surface area is 315 Å². The summed E-state index contributed by atoms with van der Waals surface area (Å²) in [5.74, 6) is -0.00689. The molecule has 0 bridgehead atoms. The Kier molecular flexibility index (Phi) is 39.6. The number of hydrogen-bond acceptors (Lipinski definition) is 13. The van der Waals surface area contributed by atoms with Gasteiger partial charge in [-0.3, -0.25) is 9.59 Å². The minimum atomic E-state index is -0.393. The van der Waals surface area contributed by atoms with Crippen LogP contribution in [0.3, 0.4) is 0 Å². The summed E-state index contributed by atoms with van der Waals surface area (Å²) in [4.78, 5) is 23.7. The fourth-order valence-corrected chi connectivity index (χ4v) is 4.66. The van der Waals surface area contributed by atoms with Crippen molar-refractivity contribution in [3.63, 3.8) is 0 Å². The van der Waals surface area contributed by atoms with E-state index in [0.29, 0.717) is 145 Å². The second kappa shape index (κ2) is 40.7. The SMILES string of the molecule is CC(C)(C)OC(=O)CCCCCCCCCCCCC(=O)NCCOCCOCCOCCOCCOCCOCCOCCOCCOCCN. The van der Waals surface area contributed by atoms with Crippen LogP contribution in [0.4, 0.5) is 0 Å². The molecule has 0 aromatic heterocycles. The van der Waals surface area contributed by atoms with Crippen LogP contribution in [-0.4, -0.2) is 149 Å². The number of ether oxygens (including phenoxy) is 10. The molecule has 14 nitrogen and oxygen atoms in total. The van der Waals surface area contributed by atoms with Gasteiger partial charge in [-0.1, -0.05) is 51.4 Å². The van der Waals surface area contributed by atoms with Gasteiger partial charge >= 0.3 is 5.97 Å². The van der Waals surface area contributed by atoms with E-state index in [1.807, 2.05) is 20.8 Å². The lowest BCUT2D eigenvalue weighted by Crippen LogP contribution is -2.27. The molecule has 0 saturated heterocycles. The summed E-state index contributed by atoms with van der Waals surface area (Å²) in [6, 6.07) is 0. The van der Waals surface area contributed by atoms with Gasteiger partial charge in [-0.15, -0.1) is 0 Å². The third-order valence-corrected chi connectivity index (χ3v) is 7.26. The fraction of sp³-hybridized carbons (Fsp3) is 0.947. The number of hydrogen-bond donors (Lipinski definition) is 2. The van der Waals surface area contributed by atoms with Crippen molar-refractivity contribution in [3.8, 4) is 0 Å². The first-order chi connectivity index (χ1) is 25.3. The maximum Gasteiger partial charge on any atom is 0.306 e. The topological polar surface area (TPSA) is 164 Å². The average Bonchev–Trinajstić information content (AvgIpc) is 3.10. The third kappa shape index (κ3) is 44.7. The van der Waals surface area contributed by atoms with E-state index in [4.69, 9.17) is 53.1 Å². The van der Waals surface area contributed by atoms with Crippen LogP contribution in [0.1, 0.15) is 97.8 Å². The minimum absolute atomic E-state index is 0.0857. The van der Waals surface area contributed by atoms with Gasteiger partial charge in [0.2, 0.25) is 5.91 Å². The number of nitrogens with one attached hydrogen (secondary N) is 1. The molecule has 1 amide bonds. The summed E-state index contributed by atoms with van der Waals surface area (Å²) >= 11 is 0. The number of amides is 1. The molecule has 0 aliphatic carbocycles. The number of nitrogens with two attached hydrogens (primary N) is 1. The zero-order valence-electron chi connectivity index (χ0n) is 33.1. The molecule has 3 N–H and O–H groups in total. The minimum Gasteiger partial charge on any atom is -0.460 e. The molecule has 0 heterocycles. The second-order valence-corrected chi connectivity index (χ2v) is 13.3. The van der Waals surface area contributed by atoms with E-state index in [1.54, 1.807) is 0 Å². The number of carbonyl (C=O) groups excluding carboxylic acids is 2. The van der Waals surface area contributed by atoms with Gasteiger partial charge in [-0.2, -0.15) is 0 Å². The molecule has 0 aromatic rings. The van der Waals surface area contributed by atoms with Crippen LogP contribution >= 0.6 is 0 Å². The lowest BCUT2D eigenvalue weighted by Gasteiger charge is -2.19. The maximum absolute atomic E-state index is 12.0. The summed E-state index contributed by atoms with van der Waals surface area (Å²) in [7, 11) is 0. The number of unbranched alkanes of at least 4 members (excludes halogenated alkanes) is 9. The molecule has 0 saturated carbocycles. The number of carbonyl (C=O) groups is 2. The molecular weight excluding hydrogens is 676 g/mol. The molecule has 0 unspecified atom stereocenters. The van der Waals surface area contributed by atoms with Crippen molar-refractivity contribution >= 4 is 11.9 Å². The van der Waals surface area contributed by atoms with Crippen LogP contribution in [0.2, 0.25) is 0 Å². The van der Waals surface area contributed by atoms with Crippen molar-refractivity contribution in [2.24, 2.45) is 5.73 Å². The summed E-state index contributed by atoms with van der Waals surface area (Å²) in [6.07, 6.45) is 12.3. The molecule has 310 valence electrons. The summed E-state index contributed by atoms with van der Waals surface area (Å²) in [6.45, 7) is 15.9. The zero-order chi connectivity index (χ0) is 38.1. The van der Waals surface area contributed by atoms with E-state index in [9.17, 15) is 9.59 Å². The van der Waals surface area contributed by atoms with Gasteiger partial charge in [0.15, 0.2) is 0 Å². The monoisotopic (exact) mass is 753 g/mol. The Morgan fingerprint density at radius 2 is 0.712 bits per heavy atom. The normalized spacial score (nSPS) is 11.7. The maximum atomic E-state index is 12.0. The highest BCUT2D eigenvalue weighted by atomic mass is 16.6. The smallest absolute Gasteiger partial charge is 0.306 e. The number of esters is 1. The quantitative estimate of drug-likeness (QED) is 0.0673. The summed E-state index contributed by atoms with van der Waals surface area (Å²) < 4.78 is 54.3. The van der Waals surface area contributed by atoms with E-state index in [-0.39, 0.29) is 11.9 Å². The Balaban J connectivity index is 3.18. The molecule has 0 rings (SSSR count). The first-order valence-electron chi connectivity index (χ1n) is 19.7. The first-order valence-corrected chi connectivity index (χ1v) is 19.7. The molecule has 0 aromatic carbocycles.